The summed E-state index contributed by atoms with van der Waals surface area (Å²) in [4.78, 5) is 32.9. The summed E-state index contributed by atoms with van der Waals surface area (Å²) in [6.45, 7) is 8.52. The predicted molar refractivity (Wildman–Crippen MR) is 161 cm³/mol. The first-order valence-electron chi connectivity index (χ1n) is 14.0. The van der Waals surface area contributed by atoms with Crippen molar-refractivity contribution in [3.8, 4) is 39.4 Å². The maximum absolute atomic E-state index is 13.9. The fourth-order valence-corrected chi connectivity index (χ4v) is 4.90. The summed E-state index contributed by atoms with van der Waals surface area (Å²) in [6.07, 6.45) is 2.64. The van der Waals surface area contributed by atoms with Gasteiger partial charge >= 0.3 is 57.1 Å². The van der Waals surface area contributed by atoms with Crippen molar-refractivity contribution in [3.63, 3.8) is 0 Å². The van der Waals surface area contributed by atoms with Gasteiger partial charge in [-0.15, -0.1) is 0 Å². The van der Waals surface area contributed by atoms with Crippen LogP contribution in [0.2, 0.25) is 0 Å². The van der Waals surface area contributed by atoms with E-state index >= 15 is 0 Å². The SMILES string of the molecule is CCCc1nc(C)c(-c2ccc(OC(C)CC)cc2)c(=O)n1Cc1ccc(-c2ccccc2-c2noc(=O)[nH]2)cc1.[H-].[K+]. The standard InChI is InChI=1S/C33H34N4O4.K.H/c1-5-9-29-34-22(4)30(25-16-18-26(19-17-25)40-21(3)6-2)32(38)37(29)20-23-12-14-24(15-13-23)27-10-7-8-11-28(27)31-35-33(39)41-36-31;;/h7-8,10-19,21H,5-6,9,20H2,1-4H3,(H,35,36,39);;/q;+1;-1. The molecule has 3 aromatic carbocycles. The van der Waals surface area contributed by atoms with Crippen LogP contribution in [0, 0.1) is 6.92 Å². The fourth-order valence-electron chi connectivity index (χ4n) is 4.90. The molecule has 0 aliphatic heterocycles. The largest absolute Gasteiger partial charge is 1.00 e. The minimum Gasteiger partial charge on any atom is -1.00 e. The average molecular weight is 591 g/mol. The number of nitrogens with zero attached hydrogens (tertiary/aromatic N) is 3. The predicted octanol–water partition coefficient (Wildman–Crippen LogP) is 3.52. The van der Waals surface area contributed by atoms with Crippen LogP contribution in [0.25, 0.3) is 33.6 Å². The summed E-state index contributed by atoms with van der Waals surface area (Å²) in [5.74, 6) is 1.34. The molecule has 1 N–H and O–H groups in total. The van der Waals surface area contributed by atoms with Gasteiger partial charge in [0.25, 0.3) is 5.56 Å². The third-order valence-electron chi connectivity index (χ3n) is 7.19. The van der Waals surface area contributed by atoms with Gasteiger partial charge in [0, 0.05) is 12.0 Å². The monoisotopic (exact) mass is 590 g/mol. The molecule has 5 aromatic rings. The van der Waals surface area contributed by atoms with Crippen LogP contribution in [0.5, 0.6) is 5.75 Å². The minimum absolute atomic E-state index is 0. The van der Waals surface area contributed by atoms with Crippen LogP contribution >= 0.6 is 0 Å². The summed E-state index contributed by atoms with van der Waals surface area (Å²) >= 11 is 0. The molecule has 42 heavy (non-hydrogen) atoms. The summed E-state index contributed by atoms with van der Waals surface area (Å²) in [5.41, 5.74) is 5.71. The second-order valence-corrected chi connectivity index (χ2v) is 10.2. The van der Waals surface area contributed by atoms with Crippen LogP contribution in [-0.4, -0.2) is 25.8 Å². The van der Waals surface area contributed by atoms with Gasteiger partial charge in [-0.25, -0.2) is 9.78 Å². The Hall–Kier alpha value is -3.08. The number of aromatic amines is 1. The summed E-state index contributed by atoms with van der Waals surface area (Å²) in [7, 11) is 0. The third-order valence-corrected chi connectivity index (χ3v) is 7.19. The second-order valence-electron chi connectivity index (χ2n) is 10.2. The van der Waals surface area contributed by atoms with Gasteiger partial charge in [-0.1, -0.05) is 79.7 Å². The molecular formula is C33H35KN4O4. The quantitative estimate of drug-likeness (QED) is 0.250. The van der Waals surface area contributed by atoms with E-state index in [1.54, 1.807) is 4.57 Å². The van der Waals surface area contributed by atoms with Crippen molar-refractivity contribution in [1.82, 2.24) is 19.7 Å². The molecular weight excluding hydrogens is 555 g/mol. The number of hydrogen-bond acceptors (Lipinski definition) is 6. The molecule has 0 bridgehead atoms. The zero-order valence-corrected chi connectivity index (χ0v) is 27.9. The van der Waals surface area contributed by atoms with E-state index < -0.39 is 5.76 Å². The molecule has 0 aliphatic rings. The van der Waals surface area contributed by atoms with Crippen LogP contribution in [0.4, 0.5) is 0 Å². The Morgan fingerprint density at radius 1 is 0.952 bits per heavy atom. The smallest absolute Gasteiger partial charge is 1.00 e. The summed E-state index contributed by atoms with van der Waals surface area (Å²) in [5, 5.41) is 3.85. The Morgan fingerprint density at radius 2 is 1.62 bits per heavy atom. The summed E-state index contributed by atoms with van der Waals surface area (Å²) < 4.78 is 12.4. The Balaban J connectivity index is 0.00000253. The molecule has 0 saturated carbocycles. The van der Waals surface area contributed by atoms with Gasteiger partial charge in [-0.3, -0.25) is 18.9 Å². The molecule has 0 amide bonds. The maximum Gasteiger partial charge on any atom is 1.00 e. The van der Waals surface area contributed by atoms with Crippen molar-refractivity contribution in [3.05, 3.63) is 111 Å². The first-order valence-corrected chi connectivity index (χ1v) is 14.0. The normalized spacial score (nSPS) is 11.6. The first-order chi connectivity index (χ1) is 19.9. The Labute approximate surface area is 289 Å². The molecule has 212 valence electrons. The van der Waals surface area contributed by atoms with Crippen molar-refractivity contribution >= 4 is 0 Å². The van der Waals surface area contributed by atoms with Crippen LogP contribution in [0.3, 0.4) is 0 Å². The van der Waals surface area contributed by atoms with Crippen LogP contribution < -0.4 is 67.4 Å². The molecule has 0 saturated heterocycles. The number of ether oxygens (including phenoxy) is 1. The van der Waals surface area contributed by atoms with E-state index in [2.05, 4.69) is 24.0 Å². The molecule has 0 fully saturated rings. The van der Waals surface area contributed by atoms with E-state index in [-0.39, 0.29) is 64.5 Å². The molecule has 1 unspecified atom stereocenters. The van der Waals surface area contributed by atoms with Crippen molar-refractivity contribution in [2.45, 2.75) is 59.6 Å². The minimum atomic E-state index is -0.597. The van der Waals surface area contributed by atoms with Crippen molar-refractivity contribution in [2.75, 3.05) is 0 Å². The molecule has 2 heterocycles. The Bertz CT molecular complexity index is 1760. The Kier molecular flexibility index (Phi) is 10.9. The van der Waals surface area contributed by atoms with Gasteiger partial charge in [-0.05, 0) is 61.1 Å². The van der Waals surface area contributed by atoms with Crippen LogP contribution in [-0.2, 0) is 13.0 Å². The maximum atomic E-state index is 13.9. The van der Waals surface area contributed by atoms with Crippen molar-refractivity contribution in [2.24, 2.45) is 0 Å². The number of rotatable bonds is 10. The molecule has 5 rings (SSSR count). The molecule has 8 nitrogen and oxygen atoms in total. The average Bonchev–Trinajstić information content (AvgIpc) is 3.42. The number of aryl methyl sites for hydroxylation is 2. The number of hydrogen-bond donors (Lipinski definition) is 1. The molecule has 1 atom stereocenters. The second kappa shape index (κ2) is 14.4. The zero-order chi connectivity index (χ0) is 28.9. The van der Waals surface area contributed by atoms with Gasteiger partial charge in [0.2, 0.25) is 0 Å². The van der Waals surface area contributed by atoms with Gasteiger partial charge in [-0.2, -0.15) is 0 Å². The van der Waals surface area contributed by atoms with Crippen molar-refractivity contribution in [1.29, 1.82) is 0 Å². The van der Waals surface area contributed by atoms with Gasteiger partial charge in [0.05, 0.1) is 23.9 Å². The third kappa shape index (κ3) is 7.10. The number of H-pyrrole nitrogens is 1. The van der Waals surface area contributed by atoms with Crippen LogP contribution in [0.15, 0.2) is 86.9 Å². The summed E-state index contributed by atoms with van der Waals surface area (Å²) in [6, 6.07) is 23.4. The molecule has 0 aliphatic carbocycles. The number of aromatic nitrogens is 4. The number of benzene rings is 3. The van der Waals surface area contributed by atoms with E-state index in [1.807, 2.05) is 86.6 Å². The fraction of sp³-hybridized carbons (Fsp3) is 0.273. The first kappa shape index (κ1) is 31.8. The van der Waals surface area contributed by atoms with Gasteiger partial charge in [0.15, 0.2) is 5.82 Å². The Morgan fingerprint density at radius 3 is 2.24 bits per heavy atom. The van der Waals surface area contributed by atoms with E-state index in [0.29, 0.717) is 24.4 Å². The van der Waals surface area contributed by atoms with Gasteiger partial charge < -0.3 is 6.16 Å². The van der Waals surface area contributed by atoms with E-state index in [1.165, 1.54) is 0 Å². The molecule has 0 spiro atoms. The van der Waals surface area contributed by atoms with Crippen molar-refractivity contribution < 1.29 is 62.1 Å². The topological polar surface area (TPSA) is 103 Å². The van der Waals surface area contributed by atoms with E-state index in [0.717, 1.165) is 57.9 Å². The van der Waals surface area contributed by atoms with E-state index in [4.69, 9.17) is 14.2 Å². The zero-order valence-electron chi connectivity index (χ0n) is 25.8. The van der Waals surface area contributed by atoms with E-state index in [9.17, 15) is 9.59 Å². The molecule has 0 radical (unpaired) electrons. The van der Waals surface area contributed by atoms with Crippen LogP contribution in [0.1, 0.15) is 52.1 Å². The molecule has 9 heteroatoms. The number of nitrogens with one attached hydrogen (secondary N) is 1. The van der Waals surface area contributed by atoms with Gasteiger partial charge in [0.1, 0.15) is 11.6 Å². The molecule has 2 aromatic heterocycles.